The van der Waals surface area contributed by atoms with E-state index in [1.807, 2.05) is 11.8 Å². The van der Waals surface area contributed by atoms with Gasteiger partial charge in [-0.1, -0.05) is 27.2 Å². The molecule has 0 radical (unpaired) electrons. The summed E-state index contributed by atoms with van der Waals surface area (Å²) in [6, 6.07) is 0.427. The van der Waals surface area contributed by atoms with Crippen LogP contribution in [0.1, 0.15) is 53.4 Å². The lowest BCUT2D eigenvalue weighted by molar-refractivity contribution is -0.135. The fourth-order valence-electron chi connectivity index (χ4n) is 3.47. The average Bonchev–Trinajstić information content (AvgIpc) is 2.94. The molecule has 2 aliphatic rings. The normalized spacial score (nSPS) is 39.6. The summed E-state index contributed by atoms with van der Waals surface area (Å²) in [5.74, 6) is 0.778. The molecule has 0 spiro atoms. The van der Waals surface area contributed by atoms with Gasteiger partial charge in [-0.05, 0) is 38.4 Å². The second-order valence-electron chi connectivity index (χ2n) is 6.50. The largest absolute Gasteiger partial charge is 0.321 e. The van der Waals surface area contributed by atoms with Crippen LogP contribution < -0.4 is 5.32 Å². The SMILES string of the molecule is CCC1(C)NC(C(C)C)N(C2CCCC2SC)C1=O. The van der Waals surface area contributed by atoms with Crippen LogP contribution >= 0.6 is 11.8 Å². The van der Waals surface area contributed by atoms with Crippen molar-refractivity contribution in [1.29, 1.82) is 0 Å². The van der Waals surface area contributed by atoms with Crippen LogP contribution in [0.3, 0.4) is 0 Å². The van der Waals surface area contributed by atoms with Gasteiger partial charge in [0.2, 0.25) is 5.91 Å². The zero-order chi connectivity index (χ0) is 14.2. The summed E-state index contributed by atoms with van der Waals surface area (Å²) in [5.41, 5.74) is -0.361. The Morgan fingerprint density at radius 2 is 2.16 bits per heavy atom. The standard InChI is InChI=1S/C15H28N2OS/c1-6-15(4)14(18)17(13(16-15)10(2)3)11-8-7-9-12(11)19-5/h10-13,16H,6-9H2,1-5H3. The summed E-state index contributed by atoms with van der Waals surface area (Å²) in [4.78, 5) is 15.1. The highest BCUT2D eigenvalue weighted by molar-refractivity contribution is 7.99. The molecular formula is C15H28N2OS. The van der Waals surface area contributed by atoms with Gasteiger partial charge in [0.05, 0.1) is 11.7 Å². The molecule has 1 N–H and O–H groups in total. The Balaban J connectivity index is 2.27. The Labute approximate surface area is 121 Å². The molecule has 0 aromatic heterocycles. The number of hydrogen-bond acceptors (Lipinski definition) is 3. The molecule has 1 saturated carbocycles. The Morgan fingerprint density at radius 3 is 2.68 bits per heavy atom. The molecule has 0 aromatic carbocycles. The van der Waals surface area contributed by atoms with Crippen molar-refractivity contribution in [3.63, 3.8) is 0 Å². The van der Waals surface area contributed by atoms with E-state index in [1.165, 1.54) is 19.3 Å². The van der Waals surface area contributed by atoms with E-state index in [9.17, 15) is 4.79 Å². The minimum absolute atomic E-state index is 0.204. The van der Waals surface area contributed by atoms with Crippen molar-refractivity contribution < 1.29 is 4.79 Å². The molecule has 2 rings (SSSR count). The fraction of sp³-hybridized carbons (Fsp3) is 0.933. The molecule has 19 heavy (non-hydrogen) atoms. The monoisotopic (exact) mass is 284 g/mol. The minimum atomic E-state index is -0.361. The van der Waals surface area contributed by atoms with E-state index in [2.05, 4.69) is 44.2 Å². The van der Waals surface area contributed by atoms with Crippen LogP contribution in [0.2, 0.25) is 0 Å². The van der Waals surface area contributed by atoms with Crippen LogP contribution in [0.15, 0.2) is 0 Å². The number of carbonyl (C=O) groups is 1. The maximum absolute atomic E-state index is 12.9. The van der Waals surface area contributed by atoms with Crippen molar-refractivity contribution >= 4 is 17.7 Å². The highest BCUT2D eigenvalue weighted by Gasteiger charge is 2.51. The smallest absolute Gasteiger partial charge is 0.244 e. The van der Waals surface area contributed by atoms with Crippen molar-refractivity contribution in [2.24, 2.45) is 5.92 Å². The maximum atomic E-state index is 12.9. The average molecular weight is 284 g/mol. The summed E-state index contributed by atoms with van der Waals surface area (Å²) in [6.45, 7) is 8.59. The van der Waals surface area contributed by atoms with E-state index in [4.69, 9.17) is 0 Å². The molecule has 1 saturated heterocycles. The Kier molecular flexibility index (Phi) is 4.51. The highest BCUT2D eigenvalue weighted by atomic mass is 32.2. The Morgan fingerprint density at radius 1 is 1.47 bits per heavy atom. The van der Waals surface area contributed by atoms with Gasteiger partial charge in [-0.15, -0.1) is 0 Å². The summed E-state index contributed by atoms with van der Waals surface area (Å²) in [5, 5.41) is 4.22. The van der Waals surface area contributed by atoms with Gasteiger partial charge in [0.15, 0.2) is 0 Å². The van der Waals surface area contributed by atoms with E-state index in [0.29, 0.717) is 23.1 Å². The Bertz CT molecular complexity index is 345. The third-order valence-electron chi connectivity index (χ3n) is 4.89. The number of thioether (sulfide) groups is 1. The summed E-state index contributed by atoms with van der Waals surface area (Å²) in [7, 11) is 0. The van der Waals surface area contributed by atoms with Gasteiger partial charge in [-0.2, -0.15) is 11.8 Å². The third kappa shape index (κ3) is 2.54. The molecule has 110 valence electrons. The molecule has 2 fully saturated rings. The van der Waals surface area contributed by atoms with Crippen molar-refractivity contribution in [3.05, 3.63) is 0 Å². The van der Waals surface area contributed by atoms with Gasteiger partial charge < -0.3 is 4.90 Å². The number of nitrogens with zero attached hydrogens (tertiary/aromatic N) is 1. The lowest BCUT2D eigenvalue weighted by atomic mass is 9.99. The van der Waals surface area contributed by atoms with Crippen LogP contribution in [0.25, 0.3) is 0 Å². The van der Waals surface area contributed by atoms with E-state index in [0.717, 1.165) is 6.42 Å². The van der Waals surface area contributed by atoms with E-state index >= 15 is 0 Å². The van der Waals surface area contributed by atoms with E-state index in [-0.39, 0.29) is 11.7 Å². The maximum Gasteiger partial charge on any atom is 0.244 e. The summed E-state index contributed by atoms with van der Waals surface area (Å²) in [6.07, 6.45) is 6.93. The van der Waals surface area contributed by atoms with Crippen molar-refractivity contribution in [2.75, 3.05) is 6.26 Å². The predicted octanol–water partition coefficient (Wildman–Crippen LogP) is 2.85. The number of hydrogen-bond donors (Lipinski definition) is 1. The lowest BCUT2D eigenvalue weighted by Gasteiger charge is -2.35. The van der Waals surface area contributed by atoms with Crippen molar-refractivity contribution in [3.8, 4) is 0 Å². The molecular weight excluding hydrogens is 256 g/mol. The molecule has 1 aliphatic heterocycles. The first-order chi connectivity index (χ1) is 8.94. The van der Waals surface area contributed by atoms with Crippen LogP contribution in [0.4, 0.5) is 0 Å². The van der Waals surface area contributed by atoms with Gasteiger partial charge in [-0.25, -0.2) is 0 Å². The molecule has 4 atom stereocenters. The molecule has 0 aromatic rings. The van der Waals surface area contributed by atoms with Gasteiger partial charge in [0.25, 0.3) is 0 Å². The van der Waals surface area contributed by atoms with Gasteiger partial charge in [0, 0.05) is 11.3 Å². The Hall–Kier alpha value is -0.220. The number of amides is 1. The van der Waals surface area contributed by atoms with Gasteiger partial charge in [-0.3, -0.25) is 10.1 Å². The number of nitrogens with one attached hydrogen (secondary N) is 1. The molecule has 4 heteroatoms. The lowest BCUT2D eigenvalue weighted by Crippen LogP contribution is -2.49. The molecule has 1 heterocycles. The van der Waals surface area contributed by atoms with Crippen molar-refractivity contribution in [1.82, 2.24) is 10.2 Å². The third-order valence-corrected chi connectivity index (χ3v) is 6.04. The van der Waals surface area contributed by atoms with E-state index < -0.39 is 0 Å². The van der Waals surface area contributed by atoms with E-state index in [1.54, 1.807) is 0 Å². The number of rotatable bonds is 4. The second kappa shape index (κ2) is 5.65. The van der Waals surface area contributed by atoms with Crippen LogP contribution in [-0.4, -0.2) is 40.1 Å². The molecule has 1 amide bonds. The molecule has 3 nitrogen and oxygen atoms in total. The van der Waals surface area contributed by atoms with Crippen LogP contribution in [0.5, 0.6) is 0 Å². The van der Waals surface area contributed by atoms with Crippen LogP contribution in [-0.2, 0) is 4.79 Å². The zero-order valence-corrected chi connectivity index (χ0v) is 13.7. The van der Waals surface area contributed by atoms with Crippen LogP contribution in [0, 0.1) is 5.92 Å². The molecule has 4 unspecified atom stereocenters. The predicted molar refractivity (Wildman–Crippen MR) is 82.2 cm³/mol. The fourth-order valence-corrected chi connectivity index (χ4v) is 4.45. The highest BCUT2D eigenvalue weighted by Crippen LogP contribution is 2.38. The topological polar surface area (TPSA) is 32.3 Å². The van der Waals surface area contributed by atoms with Crippen molar-refractivity contribution in [2.45, 2.75) is 76.4 Å². The summed E-state index contributed by atoms with van der Waals surface area (Å²) < 4.78 is 0. The first-order valence-electron chi connectivity index (χ1n) is 7.58. The minimum Gasteiger partial charge on any atom is -0.321 e. The second-order valence-corrected chi connectivity index (χ2v) is 7.58. The van der Waals surface area contributed by atoms with Gasteiger partial charge in [0.1, 0.15) is 0 Å². The molecule has 0 bridgehead atoms. The first kappa shape index (κ1) is 15.2. The number of carbonyl (C=O) groups excluding carboxylic acids is 1. The molecule has 1 aliphatic carbocycles. The summed E-state index contributed by atoms with van der Waals surface area (Å²) >= 11 is 1.93. The quantitative estimate of drug-likeness (QED) is 0.861. The zero-order valence-electron chi connectivity index (χ0n) is 12.9. The first-order valence-corrected chi connectivity index (χ1v) is 8.86. The van der Waals surface area contributed by atoms with Gasteiger partial charge >= 0.3 is 0 Å².